The minimum atomic E-state index is -0.108. The lowest BCUT2D eigenvalue weighted by atomic mass is 9.98. The van der Waals surface area contributed by atoms with Crippen molar-refractivity contribution in [2.45, 2.75) is 6.42 Å². The van der Waals surface area contributed by atoms with Crippen LogP contribution in [-0.2, 0) is 6.42 Å². The standard InChI is InChI=1S/C26H17N3O/c27-22-10-3-1-7-16(22)15-6-5-9-17-19-13-20-18-8-2-4-11-23(18)28-25(20)14-21(19)26(30)29-24(17)12-15/h1-4,7-8,10-14,28H,9,27H2,(H,29,30). The minimum absolute atomic E-state index is 0.108. The van der Waals surface area contributed by atoms with Crippen molar-refractivity contribution in [2.24, 2.45) is 0 Å². The number of allylic oxidation sites excluding steroid dienone is 1. The summed E-state index contributed by atoms with van der Waals surface area (Å²) in [6, 6.07) is 19.9. The van der Waals surface area contributed by atoms with E-state index in [0.29, 0.717) is 17.5 Å². The first kappa shape index (κ1) is 16.7. The predicted molar refractivity (Wildman–Crippen MR) is 124 cm³/mol. The number of hydrogen-bond donors (Lipinski definition) is 3. The smallest absolute Gasteiger partial charge is 0.256 e. The van der Waals surface area contributed by atoms with Crippen molar-refractivity contribution in [1.82, 2.24) is 9.97 Å². The van der Waals surface area contributed by atoms with Crippen LogP contribution in [0.25, 0.3) is 44.2 Å². The molecule has 0 bridgehead atoms. The van der Waals surface area contributed by atoms with Crippen molar-refractivity contribution in [2.75, 3.05) is 5.73 Å². The molecule has 142 valence electrons. The molecule has 4 N–H and O–H groups in total. The fourth-order valence-corrected chi connectivity index (χ4v) is 4.35. The van der Waals surface area contributed by atoms with Gasteiger partial charge in [-0.05, 0) is 41.3 Å². The number of nitrogens with two attached hydrogens (primary N) is 1. The maximum atomic E-state index is 13.0. The molecule has 0 saturated heterocycles. The van der Waals surface area contributed by atoms with Gasteiger partial charge in [0.05, 0.1) is 0 Å². The number of benzene rings is 3. The summed E-state index contributed by atoms with van der Waals surface area (Å²) in [6.07, 6.45) is 2.50. The number of hydrogen-bond acceptors (Lipinski definition) is 2. The van der Waals surface area contributed by atoms with Gasteiger partial charge in [-0.1, -0.05) is 48.2 Å². The van der Waals surface area contributed by atoms with Gasteiger partial charge >= 0.3 is 0 Å². The summed E-state index contributed by atoms with van der Waals surface area (Å²) in [5.41, 5.74) is 12.3. The monoisotopic (exact) mass is 387 g/mol. The molecular weight excluding hydrogens is 370 g/mol. The second kappa shape index (κ2) is 6.13. The number of aromatic nitrogens is 2. The average molecular weight is 387 g/mol. The van der Waals surface area contributed by atoms with Gasteiger partial charge in [0.15, 0.2) is 0 Å². The van der Waals surface area contributed by atoms with Crippen LogP contribution in [0.2, 0.25) is 0 Å². The molecule has 0 spiro atoms. The van der Waals surface area contributed by atoms with Gasteiger partial charge in [0.25, 0.3) is 5.56 Å². The van der Waals surface area contributed by atoms with E-state index < -0.39 is 0 Å². The van der Waals surface area contributed by atoms with Crippen LogP contribution in [0, 0.1) is 11.8 Å². The fraction of sp³-hybridized carbons (Fsp3) is 0.0385. The number of fused-ring (bicyclic) bond motifs is 6. The Balaban J connectivity index is 1.67. The number of anilines is 1. The SMILES string of the molecule is Nc1ccccc1C1=Cc2[nH]c(=O)c3cc4[nH]c5ccccc5c4cc3c2CC#C1. The third-order valence-corrected chi connectivity index (χ3v) is 5.82. The highest BCUT2D eigenvalue weighted by molar-refractivity contribution is 6.12. The number of H-pyrrole nitrogens is 2. The van der Waals surface area contributed by atoms with Crippen LogP contribution < -0.4 is 11.3 Å². The topological polar surface area (TPSA) is 74.7 Å². The Labute approximate surface area is 172 Å². The lowest BCUT2D eigenvalue weighted by Gasteiger charge is -2.09. The van der Waals surface area contributed by atoms with Crippen LogP contribution in [0.3, 0.4) is 0 Å². The molecule has 0 atom stereocenters. The van der Waals surface area contributed by atoms with Crippen LogP contribution in [0.1, 0.15) is 16.8 Å². The summed E-state index contributed by atoms with van der Waals surface area (Å²) in [6.45, 7) is 0. The molecule has 4 heteroatoms. The van der Waals surface area contributed by atoms with E-state index >= 15 is 0 Å². The van der Waals surface area contributed by atoms with Gasteiger partial charge < -0.3 is 15.7 Å². The molecule has 0 saturated carbocycles. The highest BCUT2D eigenvalue weighted by Crippen LogP contribution is 2.32. The van der Waals surface area contributed by atoms with Gasteiger partial charge in [0, 0.05) is 56.1 Å². The van der Waals surface area contributed by atoms with Crippen LogP contribution in [0.5, 0.6) is 0 Å². The van der Waals surface area contributed by atoms with Gasteiger partial charge in [-0.15, -0.1) is 0 Å². The van der Waals surface area contributed by atoms with Crippen LogP contribution in [0.4, 0.5) is 5.69 Å². The molecule has 0 aliphatic heterocycles. The van der Waals surface area contributed by atoms with E-state index in [0.717, 1.165) is 49.6 Å². The molecule has 0 fully saturated rings. The maximum absolute atomic E-state index is 13.0. The first-order valence-corrected chi connectivity index (χ1v) is 9.84. The number of rotatable bonds is 1. The lowest BCUT2D eigenvalue weighted by Crippen LogP contribution is -2.11. The molecule has 5 aromatic rings. The normalized spacial score (nSPS) is 13.0. The van der Waals surface area contributed by atoms with Crippen molar-refractivity contribution in [3.8, 4) is 11.8 Å². The molecule has 0 amide bonds. The van der Waals surface area contributed by atoms with E-state index in [1.54, 1.807) is 0 Å². The van der Waals surface area contributed by atoms with Crippen LogP contribution in [0.15, 0.2) is 65.5 Å². The summed E-state index contributed by atoms with van der Waals surface area (Å²) >= 11 is 0. The second-order valence-corrected chi connectivity index (χ2v) is 7.58. The summed E-state index contributed by atoms with van der Waals surface area (Å²) in [5.74, 6) is 6.50. The summed E-state index contributed by atoms with van der Waals surface area (Å²) in [5, 5.41) is 3.88. The van der Waals surface area contributed by atoms with Gasteiger partial charge in [-0.3, -0.25) is 4.79 Å². The van der Waals surface area contributed by atoms with Crippen LogP contribution >= 0.6 is 0 Å². The summed E-state index contributed by atoms with van der Waals surface area (Å²) in [4.78, 5) is 19.4. The fourth-order valence-electron chi connectivity index (χ4n) is 4.35. The number of nitrogens with one attached hydrogen (secondary N) is 2. The van der Waals surface area contributed by atoms with E-state index in [2.05, 4.69) is 40.0 Å². The Kier molecular flexibility index (Phi) is 3.41. The highest BCUT2D eigenvalue weighted by atomic mass is 16.1. The van der Waals surface area contributed by atoms with Gasteiger partial charge in [0.1, 0.15) is 0 Å². The lowest BCUT2D eigenvalue weighted by molar-refractivity contribution is 1.18. The zero-order valence-corrected chi connectivity index (χ0v) is 16.0. The molecule has 0 radical (unpaired) electrons. The van der Waals surface area contributed by atoms with Crippen LogP contribution in [-0.4, -0.2) is 9.97 Å². The third-order valence-electron chi connectivity index (χ3n) is 5.82. The zero-order valence-electron chi connectivity index (χ0n) is 16.0. The summed E-state index contributed by atoms with van der Waals surface area (Å²) in [7, 11) is 0. The number of aromatic amines is 2. The van der Waals surface area contributed by atoms with Crippen molar-refractivity contribution in [3.63, 3.8) is 0 Å². The predicted octanol–water partition coefficient (Wildman–Crippen LogP) is 4.84. The zero-order chi connectivity index (χ0) is 20.2. The minimum Gasteiger partial charge on any atom is -0.398 e. The van der Waals surface area contributed by atoms with E-state index in [1.165, 1.54) is 0 Å². The molecule has 2 heterocycles. The Morgan fingerprint density at radius 1 is 0.833 bits per heavy atom. The van der Waals surface area contributed by atoms with E-state index in [-0.39, 0.29) is 5.56 Å². The van der Waals surface area contributed by atoms with Crippen molar-refractivity contribution >= 4 is 49.9 Å². The van der Waals surface area contributed by atoms with Crippen molar-refractivity contribution in [3.05, 3.63) is 87.8 Å². The molecule has 2 aromatic heterocycles. The molecular formula is C26H17N3O. The molecule has 1 aliphatic carbocycles. The number of para-hydroxylation sites is 2. The number of nitrogen functional groups attached to an aromatic ring is 1. The molecule has 3 aromatic carbocycles. The van der Waals surface area contributed by atoms with E-state index in [1.807, 2.05) is 48.5 Å². The first-order valence-electron chi connectivity index (χ1n) is 9.84. The highest BCUT2D eigenvalue weighted by Gasteiger charge is 2.16. The van der Waals surface area contributed by atoms with Gasteiger partial charge in [-0.2, -0.15) is 0 Å². The van der Waals surface area contributed by atoms with E-state index in [9.17, 15) is 4.79 Å². The molecule has 30 heavy (non-hydrogen) atoms. The van der Waals surface area contributed by atoms with E-state index in [4.69, 9.17) is 5.73 Å². The van der Waals surface area contributed by atoms with Gasteiger partial charge in [0.2, 0.25) is 0 Å². The maximum Gasteiger partial charge on any atom is 0.256 e. The Morgan fingerprint density at radius 2 is 1.67 bits per heavy atom. The number of pyridine rings is 1. The Bertz CT molecular complexity index is 1650. The largest absolute Gasteiger partial charge is 0.398 e. The Hall–Kier alpha value is -4.23. The average Bonchev–Trinajstić information content (AvgIpc) is 2.98. The second-order valence-electron chi connectivity index (χ2n) is 7.58. The Morgan fingerprint density at radius 3 is 2.57 bits per heavy atom. The van der Waals surface area contributed by atoms with Gasteiger partial charge in [-0.25, -0.2) is 0 Å². The molecule has 1 aliphatic rings. The quantitative estimate of drug-likeness (QED) is 0.284. The molecule has 0 unspecified atom stereocenters. The summed E-state index contributed by atoms with van der Waals surface area (Å²) < 4.78 is 0. The molecule has 4 nitrogen and oxygen atoms in total. The van der Waals surface area contributed by atoms with Crippen molar-refractivity contribution < 1.29 is 0 Å². The molecule has 6 rings (SSSR count). The third kappa shape index (κ3) is 2.39. The van der Waals surface area contributed by atoms with Crippen molar-refractivity contribution in [1.29, 1.82) is 0 Å². The first-order chi connectivity index (χ1) is 14.7.